The molecule has 168 valence electrons. The Morgan fingerprint density at radius 3 is 2.42 bits per heavy atom. The molecule has 0 atom stereocenters. The molecule has 0 bridgehead atoms. The van der Waals surface area contributed by atoms with Gasteiger partial charge in [0.2, 0.25) is 0 Å². The van der Waals surface area contributed by atoms with E-state index in [0.29, 0.717) is 10.1 Å². The van der Waals surface area contributed by atoms with Gasteiger partial charge in [0, 0.05) is 47.9 Å². The van der Waals surface area contributed by atoms with Crippen LogP contribution < -0.4 is 4.90 Å². The summed E-state index contributed by atoms with van der Waals surface area (Å²) in [6.45, 7) is 3.32. The Labute approximate surface area is 205 Å². The number of nitrogens with zero attached hydrogens (tertiary/aromatic N) is 4. The van der Waals surface area contributed by atoms with Crippen LogP contribution in [0.25, 0.3) is 11.8 Å². The maximum absolute atomic E-state index is 12.9. The number of benzene rings is 2. The highest BCUT2D eigenvalue weighted by Gasteiger charge is 2.30. The van der Waals surface area contributed by atoms with Gasteiger partial charge < -0.3 is 14.2 Å². The fourth-order valence-corrected chi connectivity index (χ4v) is 5.04. The van der Waals surface area contributed by atoms with E-state index in [1.54, 1.807) is 11.9 Å². The van der Waals surface area contributed by atoms with E-state index in [9.17, 15) is 4.79 Å². The summed E-state index contributed by atoms with van der Waals surface area (Å²) in [6, 6.07) is 20.2. The number of likely N-dealkylation sites (N-methyl/N-ethyl adjacent to an activating group) is 1. The summed E-state index contributed by atoms with van der Waals surface area (Å²) in [5.74, 6) is -0.0488. The molecular formula is C25H23BrN4O2S. The molecule has 33 heavy (non-hydrogen) atoms. The van der Waals surface area contributed by atoms with Crippen LogP contribution in [-0.4, -0.2) is 53.9 Å². The monoisotopic (exact) mass is 522 g/mol. The van der Waals surface area contributed by atoms with E-state index in [-0.39, 0.29) is 5.91 Å². The maximum Gasteiger partial charge on any atom is 0.266 e. The summed E-state index contributed by atoms with van der Waals surface area (Å²) in [5, 5.41) is 0.673. The van der Waals surface area contributed by atoms with E-state index >= 15 is 0 Å². The fraction of sp³-hybridized carbons (Fsp3) is 0.200. The number of morpholine rings is 1. The van der Waals surface area contributed by atoms with Crippen LogP contribution in [0, 0.1) is 0 Å². The molecule has 0 N–H and O–H groups in total. The molecule has 0 aliphatic carbocycles. The molecule has 2 aliphatic heterocycles. The summed E-state index contributed by atoms with van der Waals surface area (Å²) < 4.78 is 8.52. The standard InChI is InChI=1S/C25H23BrN4O2S/c1-28-24(31)23(17-22-3-2-12-30(22)21-8-4-18(26)5-9-21)33-25(28)27-19-6-10-20(11-7-19)29-13-15-32-16-14-29/h2-12,17H,13-16H2,1H3/b23-17-,27-25?. The zero-order valence-electron chi connectivity index (χ0n) is 18.1. The Kier molecular flexibility index (Phi) is 6.39. The van der Waals surface area contributed by atoms with E-state index in [1.165, 1.54) is 17.4 Å². The SMILES string of the molecule is CN1C(=O)/C(=C/c2cccn2-c2ccc(Br)cc2)SC1=Nc1ccc(N2CCOCC2)cc1. The van der Waals surface area contributed by atoms with Crippen molar-refractivity contribution in [1.29, 1.82) is 0 Å². The zero-order chi connectivity index (χ0) is 22.8. The number of rotatable bonds is 4. The highest BCUT2D eigenvalue weighted by Crippen LogP contribution is 2.34. The second-order valence-electron chi connectivity index (χ2n) is 7.76. The van der Waals surface area contributed by atoms with Crippen LogP contribution in [0.4, 0.5) is 11.4 Å². The molecule has 2 fully saturated rings. The van der Waals surface area contributed by atoms with Crippen LogP contribution in [0.1, 0.15) is 5.69 Å². The molecule has 3 aromatic rings. The predicted molar refractivity (Wildman–Crippen MR) is 138 cm³/mol. The number of aromatic nitrogens is 1. The lowest BCUT2D eigenvalue weighted by molar-refractivity contribution is -0.121. The van der Waals surface area contributed by atoms with Gasteiger partial charge in [-0.25, -0.2) is 4.99 Å². The molecule has 6 nitrogen and oxygen atoms in total. The number of halogens is 1. The number of amidine groups is 1. The number of aliphatic imine (C=N–C) groups is 1. The number of hydrogen-bond donors (Lipinski definition) is 0. The van der Waals surface area contributed by atoms with Gasteiger partial charge in [0.25, 0.3) is 5.91 Å². The summed E-state index contributed by atoms with van der Waals surface area (Å²) in [5.41, 5.74) is 3.97. The van der Waals surface area contributed by atoms with Crippen molar-refractivity contribution in [2.75, 3.05) is 38.3 Å². The van der Waals surface area contributed by atoms with Crippen molar-refractivity contribution in [3.63, 3.8) is 0 Å². The first-order valence-electron chi connectivity index (χ1n) is 10.7. The van der Waals surface area contributed by atoms with E-state index in [1.807, 2.05) is 60.8 Å². The van der Waals surface area contributed by atoms with Gasteiger partial charge in [0.05, 0.1) is 23.8 Å². The van der Waals surface area contributed by atoms with Gasteiger partial charge in [-0.1, -0.05) is 15.9 Å². The van der Waals surface area contributed by atoms with E-state index in [2.05, 4.69) is 37.5 Å². The van der Waals surface area contributed by atoms with Crippen molar-refractivity contribution in [2.24, 2.45) is 4.99 Å². The number of thioether (sulfide) groups is 1. The molecule has 8 heteroatoms. The Balaban J connectivity index is 1.36. The minimum atomic E-state index is -0.0488. The molecule has 0 unspecified atom stereocenters. The molecule has 5 rings (SSSR count). The number of carbonyl (C=O) groups excluding carboxylic acids is 1. The molecule has 1 amide bonds. The first kappa shape index (κ1) is 22.0. The van der Waals surface area contributed by atoms with Crippen LogP contribution in [0.5, 0.6) is 0 Å². The second kappa shape index (κ2) is 9.59. The van der Waals surface area contributed by atoms with E-state index in [4.69, 9.17) is 9.73 Å². The highest BCUT2D eigenvalue weighted by atomic mass is 79.9. The van der Waals surface area contributed by atoms with Crippen molar-refractivity contribution in [3.8, 4) is 5.69 Å². The smallest absolute Gasteiger partial charge is 0.266 e. The molecule has 2 aromatic carbocycles. The summed E-state index contributed by atoms with van der Waals surface area (Å²) in [7, 11) is 1.77. The normalized spacial score (nSPS) is 19.2. The summed E-state index contributed by atoms with van der Waals surface area (Å²) in [4.78, 5) is 22.2. The third-order valence-corrected chi connectivity index (χ3v) is 7.21. The lowest BCUT2D eigenvalue weighted by atomic mass is 10.2. The van der Waals surface area contributed by atoms with Gasteiger partial charge in [-0.05, 0) is 78.5 Å². The molecule has 2 saturated heterocycles. The minimum Gasteiger partial charge on any atom is -0.378 e. The number of amides is 1. The average molecular weight is 523 g/mol. The molecule has 3 heterocycles. The largest absolute Gasteiger partial charge is 0.378 e. The Bertz CT molecular complexity index is 1210. The Morgan fingerprint density at radius 2 is 1.70 bits per heavy atom. The summed E-state index contributed by atoms with van der Waals surface area (Å²) >= 11 is 4.87. The first-order chi connectivity index (χ1) is 16.1. The third-order valence-electron chi connectivity index (χ3n) is 5.62. The molecule has 0 saturated carbocycles. The maximum atomic E-state index is 12.9. The van der Waals surface area contributed by atoms with Crippen LogP contribution in [0.3, 0.4) is 0 Å². The Morgan fingerprint density at radius 1 is 1.00 bits per heavy atom. The number of ether oxygens (including phenoxy) is 1. The van der Waals surface area contributed by atoms with Gasteiger partial charge in [-0.2, -0.15) is 0 Å². The van der Waals surface area contributed by atoms with Gasteiger partial charge in [0.15, 0.2) is 5.17 Å². The quantitative estimate of drug-likeness (QED) is 0.435. The molecular weight excluding hydrogens is 500 g/mol. The van der Waals surface area contributed by atoms with E-state index < -0.39 is 0 Å². The lowest BCUT2D eigenvalue weighted by Crippen LogP contribution is -2.36. The first-order valence-corrected chi connectivity index (χ1v) is 12.3. The van der Waals surface area contributed by atoms with Crippen LogP contribution in [-0.2, 0) is 9.53 Å². The van der Waals surface area contributed by atoms with Crippen molar-refractivity contribution in [1.82, 2.24) is 9.47 Å². The van der Waals surface area contributed by atoms with Crippen molar-refractivity contribution >= 4 is 56.2 Å². The third kappa shape index (κ3) is 4.78. The van der Waals surface area contributed by atoms with Crippen molar-refractivity contribution in [2.45, 2.75) is 0 Å². The summed E-state index contributed by atoms with van der Waals surface area (Å²) in [6.07, 6.45) is 3.92. The van der Waals surface area contributed by atoms with Gasteiger partial charge in [0.1, 0.15) is 0 Å². The highest BCUT2D eigenvalue weighted by molar-refractivity contribution is 9.10. The van der Waals surface area contributed by atoms with Crippen LogP contribution in [0.15, 0.2) is 81.2 Å². The van der Waals surface area contributed by atoms with Crippen LogP contribution in [0.2, 0.25) is 0 Å². The zero-order valence-corrected chi connectivity index (χ0v) is 20.6. The average Bonchev–Trinajstić information content (AvgIpc) is 3.41. The van der Waals surface area contributed by atoms with Gasteiger partial charge in [-0.3, -0.25) is 9.69 Å². The van der Waals surface area contributed by atoms with Gasteiger partial charge >= 0.3 is 0 Å². The number of hydrogen-bond acceptors (Lipinski definition) is 5. The van der Waals surface area contributed by atoms with Crippen molar-refractivity contribution in [3.05, 3.63) is 81.9 Å². The van der Waals surface area contributed by atoms with E-state index in [0.717, 1.165) is 47.8 Å². The fourth-order valence-electron chi connectivity index (χ4n) is 3.80. The van der Waals surface area contributed by atoms with Crippen molar-refractivity contribution < 1.29 is 9.53 Å². The van der Waals surface area contributed by atoms with Crippen LogP contribution >= 0.6 is 27.7 Å². The predicted octanol–water partition coefficient (Wildman–Crippen LogP) is 5.31. The molecule has 0 radical (unpaired) electrons. The molecule has 2 aliphatic rings. The topological polar surface area (TPSA) is 50.1 Å². The number of carbonyl (C=O) groups is 1. The minimum absolute atomic E-state index is 0.0488. The second-order valence-corrected chi connectivity index (χ2v) is 9.69. The molecule has 1 aromatic heterocycles. The molecule has 0 spiro atoms. The lowest BCUT2D eigenvalue weighted by Gasteiger charge is -2.28. The van der Waals surface area contributed by atoms with Gasteiger partial charge in [-0.15, -0.1) is 0 Å². The Hall–Kier alpha value is -2.81. The number of anilines is 1.